The van der Waals surface area contributed by atoms with E-state index in [2.05, 4.69) is 78.6 Å². The Labute approximate surface area is 142 Å². The second-order valence-corrected chi connectivity index (χ2v) is 8.39. The summed E-state index contributed by atoms with van der Waals surface area (Å²) in [5.74, 6) is 0. The van der Waals surface area contributed by atoms with Crippen molar-refractivity contribution < 1.29 is 0 Å². The van der Waals surface area contributed by atoms with Crippen molar-refractivity contribution >= 4 is 22.6 Å². The molecule has 0 aliphatic carbocycles. The first-order valence-electron chi connectivity index (χ1n) is 7.71. The highest BCUT2D eigenvalue weighted by Crippen LogP contribution is 2.49. The van der Waals surface area contributed by atoms with Gasteiger partial charge >= 0.3 is 0 Å². The largest absolute Gasteiger partial charge is 0.299 e. The van der Waals surface area contributed by atoms with Gasteiger partial charge in [-0.3, -0.25) is 4.90 Å². The van der Waals surface area contributed by atoms with Gasteiger partial charge in [-0.05, 0) is 71.0 Å². The van der Waals surface area contributed by atoms with Crippen molar-refractivity contribution in [3.8, 4) is 6.07 Å². The Hall–Kier alpha value is -0.600. The third-order valence-corrected chi connectivity index (χ3v) is 6.23. The number of likely N-dealkylation sites (tertiary alicyclic amines) is 1. The van der Waals surface area contributed by atoms with Crippen LogP contribution in [0.25, 0.3) is 0 Å². The molecule has 2 nitrogen and oxygen atoms in total. The Bertz CT molecular complexity index is 517. The Kier molecular flexibility index (Phi) is 5.32. The van der Waals surface area contributed by atoms with Gasteiger partial charge in [0.1, 0.15) is 0 Å². The smallest absolute Gasteiger partial charge is 0.0627 e. The second-order valence-electron chi connectivity index (χ2n) is 7.23. The summed E-state index contributed by atoms with van der Waals surface area (Å²) in [6, 6.07) is 11.1. The zero-order chi connectivity index (χ0) is 15.5. The van der Waals surface area contributed by atoms with E-state index in [0.29, 0.717) is 6.42 Å². The molecule has 114 valence electrons. The average Bonchev–Trinajstić information content (AvgIpc) is 2.42. The number of benzene rings is 1. The van der Waals surface area contributed by atoms with Gasteiger partial charge in [0.05, 0.1) is 6.07 Å². The maximum atomic E-state index is 9.22. The fraction of sp³-hybridized carbons (Fsp3) is 0.611. The van der Waals surface area contributed by atoms with Crippen LogP contribution in [0, 0.1) is 25.7 Å². The normalized spacial score (nSPS) is 19.2. The molecule has 3 heteroatoms. The van der Waals surface area contributed by atoms with Gasteiger partial charge in [-0.25, -0.2) is 0 Å². The van der Waals surface area contributed by atoms with Gasteiger partial charge in [-0.2, -0.15) is 5.26 Å². The van der Waals surface area contributed by atoms with Crippen LogP contribution in [0.5, 0.6) is 0 Å². The van der Waals surface area contributed by atoms with Gasteiger partial charge in [0.2, 0.25) is 0 Å². The molecule has 1 aromatic carbocycles. The highest BCUT2D eigenvalue weighted by Gasteiger charge is 2.43. The van der Waals surface area contributed by atoms with Gasteiger partial charge < -0.3 is 0 Å². The molecule has 0 bridgehead atoms. The van der Waals surface area contributed by atoms with Crippen molar-refractivity contribution in [1.82, 2.24) is 4.90 Å². The number of piperidine rings is 1. The summed E-state index contributed by atoms with van der Waals surface area (Å²) < 4.78 is 1.35. The van der Waals surface area contributed by atoms with E-state index in [1.807, 2.05) is 0 Å². The van der Waals surface area contributed by atoms with Crippen LogP contribution < -0.4 is 0 Å². The fourth-order valence-corrected chi connectivity index (χ4v) is 3.91. The van der Waals surface area contributed by atoms with Crippen LogP contribution in [-0.2, 0) is 6.54 Å². The summed E-state index contributed by atoms with van der Waals surface area (Å²) in [5.41, 5.74) is 1.81. The Morgan fingerprint density at radius 1 is 1.24 bits per heavy atom. The van der Waals surface area contributed by atoms with Gasteiger partial charge in [0.15, 0.2) is 0 Å². The molecule has 1 aliphatic rings. The lowest BCUT2D eigenvalue weighted by atomic mass is 9.60. The maximum absolute atomic E-state index is 9.22. The molecule has 1 saturated heterocycles. The van der Waals surface area contributed by atoms with Crippen LogP contribution in [0.2, 0.25) is 0 Å². The SMILES string of the molecule is CC(C)(C)C1(CC#N)CCN(Cc2ccccc2I)CC1. The van der Waals surface area contributed by atoms with E-state index in [1.54, 1.807) is 0 Å². The lowest BCUT2D eigenvalue weighted by Crippen LogP contribution is -2.46. The first-order chi connectivity index (χ1) is 9.88. The Balaban J connectivity index is 2.03. The first-order valence-corrected chi connectivity index (χ1v) is 8.79. The summed E-state index contributed by atoms with van der Waals surface area (Å²) in [4.78, 5) is 2.54. The molecular weight excluding hydrogens is 371 g/mol. The van der Waals surface area contributed by atoms with Crippen LogP contribution >= 0.6 is 22.6 Å². The van der Waals surface area contributed by atoms with E-state index >= 15 is 0 Å². The number of halogens is 1. The van der Waals surface area contributed by atoms with Crippen molar-refractivity contribution in [1.29, 1.82) is 5.26 Å². The van der Waals surface area contributed by atoms with E-state index in [9.17, 15) is 5.26 Å². The summed E-state index contributed by atoms with van der Waals surface area (Å²) in [6.45, 7) is 10.1. The molecule has 1 aromatic rings. The quantitative estimate of drug-likeness (QED) is 0.685. The van der Waals surface area contributed by atoms with Gasteiger partial charge in [0, 0.05) is 16.5 Å². The van der Waals surface area contributed by atoms with E-state index in [4.69, 9.17) is 0 Å². The van der Waals surface area contributed by atoms with E-state index in [0.717, 1.165) is 32.5 Å². The number of nitrogens with zero attached hydrogens (tertiary/aromatic N) is 2. The number of rotatable bonds is 3. The molecule has 0 spiro atoms. The topological polar surface area (TPSA) is 27.0 Å². The lowest BCUT2D eigenvalue weighted by molar-refractivity contribution is 0.00705. The zero-order valence-corrected chi connectivity index (χ0v) is 15.5. The minimum Gasteiger partial charge on any atom is -0.299 e. The van der Waals surface area contributed by atoms with Crippen molar-refractivity contribution in [3.63, 3.8) is 0 Å². The molecule has 0 aromatic heterocycles. The van der Waals surface area contributed by atoms with Crippen molar-refractivity contribution in [2.75, 3.05) is 13.1 Å². The zero-order valence-electron chi connectivity index (χ0n) is 13.3. The highest BCUT2D eigenvalue weighted by atomic mass is 127. The number of hydrogen-bond donors (Lipinski definition) is 0. The molecule has 0 N–H and O–H groups in total. The average molecular weight is 396 g/mol. The van der Waals surface area contributed by atoms with Crippen LogP contribution in [0.3, 0.4) is 0 Å². The van der Waals surface area contributed by atoms with Crippen LogP contribution in [0.1, 0.15) is 45.6 Å². The summed E-state index contributed by atoms with van der Waals surface area (Å²) in [7, 11) is 0. The molecule has 21 heavy (non-hydrogen) atoms. The summed E-state index contributed by atoms with van der Waals surface area (Å²) >= 11 is 2.42. The molecule has 1 fully saturated rings. The minimum atomic E-state index is 0.183. The summed E-state index contributed by atoms with van der Waals surface area (Å²) in [5, 5.41) is 9.22. The monoisotopic (exact) mass is 396 g/mol. The minimum absolute atomic E-state index is 0.183. The maximum Gasteiger partial charge on any atom is 0.0627 e. The lowest BCUT2D eigenvalue weighted by Gasteiger charge is -2.49. The van der Waals surface area contributed by atoms with E-state index in [1.165, 1.54) is 9.13 Å². The van der Waals surface area contributed by atoms with Crippen LogP contribution in [-0.4, -0.2) is 18.0 Å². The van der Waals surface area contributed by atoms with E-state index in [-0.39, 0.29) is 10.8 Å². The van der Waals surface area contributed by atoms with Crippen molar-refractivity contribution in [2.45, 2.75) is 46.6 Å². The van der Waals surface area contributed by atoms with Crippen LogP contribution in [0.15, 0.2) is 24.3 Å². The molecule has 0 radical (unpaired) electrons. The molecular formula is C18H25IN2. The summed E-state index contributed by atoms with van der Waals surface area (Å²) in [6.07, 6.45) is 2.95. The van der Waals surface area contributed by atoms with Crippen LogP contribution in [0.4, 0.5) is 0 Å². The van der Waals surface area contributed by atoms with Crippen molar-refractivity contribution in [3.05, 3.63) is 33.4 Å². The Morgan fingerprint density at radius 3 is 2.38 bits per heavy atom. The Morgan fingerprint density at radius 2 is 1.86 bits per heavy atom. The molecule has 0 unspecified atom stereocenters. The number of nitriles is 1. The van der Waals surface area contributed by atoms with Crippen molar-refractivity contribution in [2.24, 2.45) is 10.8 Å². The fourth-order valence-electron chi connectivity index (χ4n) is 3.35. The molecule has 0 amide bonds. The standard InChI is InChI=1S/C18H25IN2/c1-17(2,3)18(8-11-20)9-12-21(13-10-18)14-15-6-4-5-7-16(15)19/h4-7H,8-10,12-14H2,1-3H3. The molecule has 0 atom stereocenters. The van der Waals surface area contributed by atoms with Gasteiger partial charge in [-0.1, -0.05) is 39.0 Å². The van der Waals surface area contributed by atoms with Gasteiger partial charge in [0.25, 0.3) is 0 Å². The third kappa shape index (κ3) is 3.78. The predicted molar refractivity (Wildman–Crippen MR) is 95.8 cm³/mol. The third-order valence-electron chi connectivity index (χ3n) is 5.17. The molecule has 1 aliphatic heterocycles. The molecule has 1 heterocycles. The highest BCUT2D eigenvalue weighted by molar-refractivity contribution is 14.1. The molecule has 2 rings (SSSR count). The predicted octanol–water partition coefficient (Wildman–Crippen LogP) is 4.83. The second kappa shape index (κ2) is 6.66. The molecule has 0 saturated carbocycles. The first kappa shape index (κ1) is 16.8. The van der Waals surface area contributed by atoms with Gasteiger partial charge in [-0.15, -0.1) is 0 Å². The van der Waals surface area contributed by atoms with E-state index < -0.39 is 0 Å². The number of hydrogen-bond acceptors (Lipinski definition) is 2.